The standard InChI is InChI=1S/C50H32/c1-3-17-33(18-4-1)35-21-7-9-23-37(35)45-31-47-39-25-11-12-26-40(39)48-32-46(38-24-10-8-22-36(38)34-19-5-2-6-20-34)42-28-14-16-30-44(42)50(48)49(47)43-29-15-13-27-41(43)45/h1-32H. The summed E-state index contributed by atoms with van der Waals surface area (Å²) in [6.45, 7) is 0. The molecule has 0 spiro atoms. The highest BCUT2D eigenvalue weighted by atomic mass is 14.2. The average molecular weight is 633 g/mol. The quantitative estimate of drug-likeness (QED) is 0.169. The van der Waals surface area contributed by atoms with Crippen LogP contribution in [0.5, 0.6) is 0 Å². The van der Waals surface area contributed by atoms with E-state index in [-0.39, 0.29) is 0 Å². The van der Waals surface area contributed by atoms with Gasteiger partial charge in [0.2, 0.25) is 0 Å². The van der Waals surface area contributed by atoms with Gasteiger partial charge in [-0.05, 0) is 111 Å². The summed E-state index contributed by atoms with van der Waals surface area (Å²) < 4.78 is 0. The van der Waals surface area contributed by atoms with Crippen molar-refractivity contribution in [3.8, 4) is 44.5 Å². The lowest BCUT2D eigenvalue weighted by Gasteiger charge is -2.20. The summed E-state index contributed by atoms with van der Waals surface area (Å²) in [5, 5.41) is 12.8. The van der Waals surface area contributed by atoms with E-state index in [0.29, 0.717) is 0 Å². The van der Waals surface area contributed by atoms with Crippen LogP contribution in [-0.2, 0) is 0 Å². The second-order valence-corrected chi connectivity index (χ2v) is 13.2. The normalized spacial score (nSPS) is 11.6. The lowest BCUT2D eigenvalue weighted by Crippen LogP contribution is -1.93. The molecule has 0 nitrogen and oxygen atoms in total. The van der Waals surface area contributed by atoms with Crippen LogP contribution in [0.2, 0.25) is 0 Å². The molecule has 10 aromatic carbocycles. The fraction of sp³-hybridized carbons (Fsp3) is 0. The van der Waals surface area contributed by atoms with Gasteiger partial charge in [-0.3, -0.25) is 0 Å². The molecule has 50 heavy (non-hydrogen) atoms. The van der Waals surface area contributed by atoms with Gasteiger partial charge < -0.3 is 0 Å². The van der Waals surface area contributed by atoms with E-state index in [1.165, 1.54) is 98.4 Å². The molecule has 0 aliphatic rings. The Morgan fingerprint density at radius 2 is 0.480 bits per heavy atom. The summed E-state index contributed by atoms with van der Waals surface area (Å²) in [5.74, 6) is 0. The van der Waals surface area contributed by atoms with E-state index < -0.39 is 0 Å². The summed E-state index contributed by atoms with van der Waals surface area (Å²) in [7, 11) is 0. The van der Waals surface area contributed by atoms with Crippen LogP contribution in [0.15, 0.2) is 194 Å². The van der Waals surface area contributed by atoms with Crippen molar-refractivity contribution < 1.29 is 0 Å². The third-order valence-electron chi connectivity index (χ3n) is 10.5. The van der Waals surface area contributed by atoms with Crippen molar-refractivity contribution in [3.63, 3.8) is 0 Å². The molecular formula is C50H32. The number of fused-ring (bicyclic) bond motifs is 10. The molecule has 10 rings (SSSR count). The maximum Gasteiger partial charge on any atom is -0.00137 e. The molecule has 0 bridgehead atoms. The molecule has 0 heteroatoms. The Balaban J connectivity index is 1.38. The molecule has 0 amide bonds. The summed E-state index contributed by atoms with van der Waals surface area (Å²) in [6, 6.07) is 71.2. The van der Waals surface area contributed by atoms with Crippen LogP contribution >= 0.6 is 0 Å². The minimum atomic E-state index is 1.23. The van der Waals surface area contributed by atoms with Crippen molar-refractivity contribution >= 4 is 53.9 Å². The third-order valence-corrected chi connectivity index (χ3v) is 10.5. The van der Waals surface area contributed by atoms with Crippen LogP contribution in [0.25, 0.3) is 98.4 Å². The lowest BCUT2D eigenvalue weighted by molar-refractivity contribution is 1.60. The molecule has 0 aliphatic carbocycles. The van der Waals surface area contributed by atoms with Crippen molar-refractivity contribution in [2.45, 2.75) is 0 Å². The molecule has 10 aromatic rings. The molecule has 0 saturated heterocycles. The molecule has 0 saturated carbocycles. The molecule has 0 unspecified atom stereocenters. The monoisotopic (exact) mass is 632 g/mol. The average Bonchev–Trinajstić information content (AvgIpc) is 3.20. The van der Waals surface area contributed by atoms with Gasteiger partial charge in [0.25, 0.3) is 0 Å². The Morgan fingerprint density at radius 1 is 0.180 bits per heavy atom. The van der Waals surface area contributed by atoms with Crippen molar-refractivity contribution in [1.82, 2.24) is 0 Å². The molecular weight excluding hydrogens is 601 g/mol. The smallest absolute Gasteiger partial charge is 0.00137 e. The Labute approximate surface area is 291 Å². The minimum Gasteiger partial charge on any atom is -0.0622 e. The molecule has 0 fully saturated rings. The van der Waals surface area contributed by atoms with Crippen LogP contribution in [-0.4, -0.2) is 0 Å². The highest BCUT2D eigenvalue weighted by Crippen LogP contribution is 2.48. The highest BCUT2D eigenvalue weighted by Gasteiger charge is 2.20. The molecule has 232 valence electrons. The number of hydrogen-bond acceptors (Lipinski definition) is 0. The van der Waals surface area contributed by atoms with Crippen molar-refractivity contribution in [2.75, 3.05) is 0 Å². The van der Waals surface area contributed by atoms with Gasteiger partial charge in [0.1, 0.15) is 0 Å². The van der Waals surface area contributed by atoms with E-state index in [1.54, 1.807) is 0 Å². The van der Waals surface area contributed by atoms with Crippen molar-refractivity contribution in [1.29, 1.82) is 0 Å². The Bertz CT molecular complexity index is 2700. The van der Waals surface area contributed by atoms with Gasteiger partial charge in [-0.2, -0.15) is 0 Å². The van der Waals surface area contributed by atoms with Crippen LogP contribution in [0, 0.1) is 0 Å². The Kier molecular flexibility index (Phi) is 6.60. The Morgan fingerprint density at radius 3 is 0.880 bits per heavy atom. The van der Waals surface area contributed by atoms with Crippen LogP contribution < -0.4 is 0 Å². The van der Waals surface area contributed by atoms with Gasteiger partial charge in [0, 0.05) is 0 Å². The van der Waals surface area contributed by atoms with Gasteiger partial charge in [-0.15, -0.1) is 0 Å². The molecule has 0 heterocycles. The zero-order valence-electron chi connectivity index (χ0n) is 27.5. The molecule has 0 aromatic heterocycles. The number of hydrogen-bond donors (Lipinski definition) is 0. The van der Waals surface area contributed by atoms with Crippen molar-refractivity contribution in [3.05, 3.63) is 194 Å². The first kappa shape index (κ1) is 28.5. The fourth-order valence-electron chi connectivity index (χ4n) is 8.29. The summed E-state index contributed by atoms with van der Waals surface area (Å²) in [4.78, 5) is 0. The Hall–Kier alpha value is -6.50. The second kappa shape index (κ2) is 11.6. The molecule has 0 atom stereocenters. The molecule has 0 aliphatic heterocycles. The minimum absolute atomic E-state index is 1.23. The van der Waals surface area contributed by atoms with Crippen LogP contribution in [0.1, 0.15) is 0 Å². The predicted octanol–water partition coefficient (Wildman–Crippen LogP) is 14.1. The number of benzene rings is 10. The second-order valence-electron chi connectivity index (χ2n) is 13.2. The van der Waals surface area contributed by atoms with E-state index in [4.69, 9.17) is 0 Å². The maximum atomic E-state index is 2.47. The largest absolute Gasteiger partial charge is 0.0622 e. The third kappa shape index (κ3) is 4.39. The first-order valence-electron chi connectivity index (χ1n) is 17.4. The first-order chi connectivity index (χ1) is 24.8. The molecule has 0 radical (unpaired) electrons. The zero-order chi connectivity index (χ0) is 33.0. The van der Waals surface area contributed by atoms with E-state index in [0.717, 1.165) is 0 Å². The van der Waals surface area contributed by atoms with E-state index in [2.05, 4.69) is 194 Å². The van der Waals surface area contributed by atoms with Gasteiger partial charge >= 0.3 is 0 Å². The molecule has 0 N–H and O–H groups in total. The van der Waals surface area contributed by atoms with Gasteiger partial charge in [0.15, 0.2) is 0 Å². The topological polar surface area (TPSA) is 0 Å². The zero-order valence-corrected chi connectivity index (χ0v) is 27.5. The van der Waals surface area contributed by atoms with Gasteiger partial charge in [-0.1, -0.05) is 182 Å². The SMILES string of the molecule is c1ccc(-c2ccccc2-c2cc3c4ccccc4c4cc(-c5ccccc5-c5ccccc5)c5ccccc5c4c3c3ccccc23)cc1. The van der Waals surface area contributed by atoms with Crippen LogP contribution in [0.4, 0.5) is 0 Å². The first-order valence-corrected chi connectivity index (χ1v) is 17.4. The maximum absolute atomic E-state index is 2.47. The summed E-state index contributed by atoms with van der Waals surface area (Å²) in [6.07, 6.45) is 0. The fourth-order valence-corrected chi connectivity index (χ4v) is 8.29. The predicted molar refractivity (Wildman–Crippen MR) is 216 cm³/mol. The van der Waals surface area contributed by atoms with E-state index >= 15 is 0 Å². The lowest BCUT2D eigenvalue weighted by atomic mass is 9.82. The summed E-state index contributed by atoms with van der Waals surface area (Å²) >= 11 is 0. The van der Waals surface area contributed by atoms with Gasteiger partial charge in [0.05, 0.1) is 0 Å². The van der Waals surface area contributed by atoms with Gasteiger partial charge in [-0.25, -0.2) is 0 Å². The number of rotatable bonds is 4. The summed E-state index contributed by atoms with van der Waals surface area (Å²) in [5.41, 5.74) is 9.96. The van der Waals surface area contributed by atoms with Crippen molar-refractivity contribution in [2.24, 2.45) is 0 Å². The highest BCUT2D eigenvalue weighted by molar-refractivity contribution is 6.38. The van der Waals surface area contributed by atoms with E-state index in [9.17, 15) is 0 Å². The van der Waals surface area contributed by atoms with E-state index in [1.807, 2.05) is 0 Å². The van der Waals surface area contributed by atoms with Crippen LogP contribution in [0.3, 0.4) is 0 Å².